The normalized spacial score (nSPS) is 10.4. The summed E-state index contributed by atoms with van der Waals surface area (Å²) < 4.78 is 13.6. The molecule has 0 atom stereocenters. The van der Waals surface area contributed by atoms with Gasteiger partial charge in [0.25, 0.3) is 0 Å². The van der Waals surface area contributed by atoms with E-state index in [-0.39, 0.29) is 5.82 Å². The summed E-state index contributed by atoms with van der Waals surface area (Å²) >= 11 is 12.8. The second-order valence-electron chi connectivity index (χ2n) is 5.00. The quantitative estimate of drug-likeness (QED) is 0.553. The number of hydrogen-bond donors (Lipinski definition) is 2. The van der Waals surface area contributed by atoms with Gasteiger partial charge in [-0.05, 0) is 43.4 Å². The van der Waals surface area contributed by atoms with Crippen molar-refractivity contribution in [1.29, 1.82) is 0 Å². The maximum Gasteiger partial charge on any atom is 0.170 e. The highest BCUT2D eigenvalue weighted by atomic mass is 35.5. The third-order valence-electron chi connectivity index (χ3n) is 3.15. The third-order valence-corrected chi connectivity index (χ3v) is 4.74. The molecular weight excluding hydrogens is 351 g/mol. The molecule has 0 bridgehead atoms. The topological polar surface area (TPSA) is 24.1 Å². The summed E-state index contributed by atoms with van der Waals surface area (Å²) in [4.78, 5) is 0. The lowest BCUT2D eigenvalue weighted by atomic mass is 10.2. The standard InChI is InChI=1S/C17H18ClFN2S2/c1-12-5-7-13(8-6-12)21-17(22)20-9-10-23-11-14-15(18)3-2-4-16(14)19/h2-8H,9-11H2,1H3,(H2,20,21,22). The number of rotatable bonds is 6. The lowest BCUT2D eigenvalue weighted by molar-refractivity contribution is 0.617. The van der Waals surface area contributed by atoms with Gasteiger partial charge in [0.2, 0.25) is 0 Å². The molecule has 122 valence electrons. The van der Waals surface area contributed by atoms with Crippen molar-refractivity contribution in [2.75, 3.05) is 17.6 Å². The average molecular weight is 369 g/mol. The highest BCUT2D eigenvalue weighted by molar-refractivity contribution is 7.98. The summed E-state index contributed by atoms with van der Waals surface area (Å²) in [5, 5.41) is 7.32. The average Bonchev–Trinajstić information content (AvgIpc) is 2.52. The molecule has 0 spiro atoms. The van der Waals surface area contributed by atoms with E-state index in [1.54, 1.807) is 23.9 Å². The van der Waals surface area contributed by atoms with Gasteiger partial charge >= 0.3 is 0 Å². The number of halogens is 2. The highest BCUT2D eigenvalue weighted by Gasteiger charge is 2.06. The number of aryl methyl sites for hydroxylation is 1. The summed E-state index contributed by atoms with van der Waals surface area (Å²) in [6.45, 7) is 2.74. The van der Waals surface area contributed by atoms with Gasteiger partial charge < -0.3 is 10.6 Å². The first-order chi connectivity index (χ1) is 11.1. The first kappa shape index (κ1) is 18.0. The molecule has 0 saturated carbocycles. The van der Waals surface area contributed by atoms with Gasteiger partial charge in [0.15, 0.2) is 5.11 Å². The van der Waals surface area contributed by atoms with Crippen LogP contribution in [0.15, 0.2) is 42.5 Å². The van der Waals surface area contributed by atoms with E-state index < -0.39 is 0 Å². The van der Waals surface area contributed by atoms with Crippen molar-refractivity contribution >= 4 is 46.4 Å². The molecule has 2 rings (SSSR count). The zero-order chi connectivity index (χ0) is 16.7. The summed E-state index contributed by atoms with van der Waals surface area (Å²) in [5.74, 6) is 1.10. The predicted molar refractivity (Wildman–Crippen MR) is 103 cm³/mol. The number of nitrogens with one attached hydrogen (secondary N) is 2. The van der Waals surface area contributed by atoms with Crippen LogP contribution in [0, 0.1) is 12.7 Å². The molecule has 0 aliphatic rings. The minimum absolute atomic E-state index is 0.255. The monoisotopic (exact) mass is 368 g/mol. The molecule has 23 heavy (non-hydrogen) atoms. The van der Waals surface area contributed by atoms with E-state index in [1.807, 2.05) is 31.2 Å². The van der Waals surface area contributed by atoms with E-state index in [9.17, 15) is 4.39 Å². The molecule has 2 nitrogen and oxygen atoms in total. The second-order valence-corrected chi connectivity index (χ2v) is 6.92. The molecule has 0 radical (unpaired) electrons. The van der Waals surface area contributed by atoms with E-state index in [0.29, 0.717) is 28.0 Å². The molecule has 0 aliphatic heterocycles. The van der Waals surface area contributed by atoms with Crippen molar-refractivity contribution in [2.45, 2.75) is 12.7 Å². The van der Waals surface area contributed by atoms with E-state index in [4.69, 9.17) is 23.8 Å². The zero-order valence-corrected chi connectivity index (χ0v) is 15.1. The number of benzene rings is 2. The van der Waals surface area contributed by atoms with E-state index in [2.05, 4.69) is 10.6 Å². The summed E-state index contributed by atoms with van der Waals surface area (Å²) in [7, 11) is 0. The molecular formula is C17H18ClFN2S2. The fraction of sp³-hybridized carbons (Fsp3) is 0.235. The van der Waals surface area contributed by atoms with Crippen LogP contribution in [0.4, 0.5) is 10.1 Å². The largest absolute Gasteiger partial charge is 0.362 e. The Bertz CT molecular complexity index is 642. The van der Waals surface area contributed by atoms with E-state index in [1.165, 1.54) is 11.6 Å². The van der Waals surface area contributed by atoms with Gasteiger partial charge in [0, 0.05) is 34.3 Å². The van der Waals surface area contributed by atoms with Gasteiger partial charge in [-0.15, -0.1) is 0 Å². The Labute approximate surface area is 150 Å². The molecule has 0 saturated heterocycles. The Morgan fingerprint density at radius 3 is 2.65 bits per heavy atom. The Balaban J connectivity index is 1.67. The second kappa shape index (κ2) is 9.11. The Kier molecular flexibility index (Phi) is 7.15. The first-order valence-corrected chi connectivity index (χ1v) is 9.12. The van der Waals surface area contributed by atoms with Crippen molar-refractivity contribution < 1.29 is 4.39 Å². The van der Waals surface area contributed by atoms with Crippen LogP contribution in [0.3, 0.4) is 0 Å². The van der Waals surface area contributed by atoms with Gasteiger partial charge in [-0.1, -0.05) is 35.4 Å². The van der Waals surface area contributed by atoms with Gasteiger partial charge in [-0.25, -0.2) is 4.39 Å². The molecule has 2 N–H and O–H groups in total. The van der Waals surface area contributed by atoms with Crippen LogP contribution in [0.25, 0.3) is 0 Å². The van der Waals surface area contributed by atoms with Crippen LogP contribution in [0.1, 0.15) is 11.1 Å². The van der Waals surface area contributed by atoms with Crippen molar-refractivity contribution in [3.8, 4) is 0 Å². The molecule has 6 heteroatoms. The van der Waals surface area contributed by atoms with Gasteiger partial charge in [-0.2, -0.15) is 11.8 Å². The van der Waals surface area contributed by atoms with Gasteiger partial charge in [0.05, 0.1) is 0 Å². The molecule has 0 aliphatic carbocycles. The predicted octanol–water partition coefficient (Wildman–Crippen LogP) is 5.01. The zero-order valence-electron chi connectivity index (χ0n) is 12.7. The summed E-state index contributed by atoms with van der Waals surface area (Å²) in [5.41, 5.74) is 2.72. The van der Waals surface area contributed by atoms with Crippen LogP contribution in [0.2, 0.25) is 5.02 Å². The third kappa shape index (κ3) is 6.01. The number of anilines is 1. The van der Waals surface area contributed by atoms with Crippen molar-refractivity contribution in [1.82, 2.24) is 5.32 Å². The number of hydrogen-bond acceptors (Lipinski definition) is 2. The maximum atomic E-state index is 13.6. The van der Waals surface area contributed by atoms with Crippen LogP contribution in [-0.4, -0.2) is 17.4 Å². The minimum Gasteiger partial charge on any atom is -0.362 e. The lowest BCUT2D eigenvalue weighted by Crippen LogP contribution is -2.30. The molecule has 0 unspecified atom stereocenters. The van der Waals surface area contributed by atoms with Crippen LogP contribution in [-0.2, 0) is 5.75 Å². The van der Waals surface area contributed by atoms with Crippen molar-refractivity contribution in [3.05, 3.63) is 64.4 Å². The Morgan fingerprint density at radius 1 is 1.22 bits per heavy atom. The molecule has 0 fully saturated rings. The Hall–Kier alpha value is -1.30. The molecule has 2 aromatic rings. The summed E-state index contributed by atoms with van der Waals surface area (Å²) in [6.07, 6.45) is 0. The fourth-order valence-corrected chi connectivity index (χ4v) is 3.31. The van der Waals surface area contributed by atoms with Crippen LogP contribution >= 0.6 is 35.6 Å². The molecule has 0 aromatic heterocycles. The smallest absolute Gasteiger partial charge is 0.170 e. The maximum absolute atomic E-state index is 13.6. The number of thiocarbonyl (C=S) groups is 1. The van der Waals surface area contributed by atoms with Crippen molar-refractivity contribution in [3.63, 3.8) is 0 Å². The highest BCUT2D eigenvalue weighted by Crippen LogP contribution is 2.23. The van der Waals surface area contributed by atoms with Crippen molar-refractivity contribution in [2.24, 2.45) is 0 Å². The SMILES string of the molecule is Cc1ccc(NC(=S)NCCSCc2c(F)cccc2Cl)cc1. The summed E-state index contributed by atoms with van der Waals surface area (Å²) in [6, 6.07) is 12.8. The fourth-order valence-electron chi connectivity index (χ4n) is 1.89. The van der Waals surface area contributed by atoms with E-state index >= 15 is 0 Å². The molecule has 0 heterocycles. The van der Waals surface area contributed by atoms with Crippen LogP contribution in [0.5, 0.6) is 0 Å². The first-order valence-electron chi connectivity index (χ1n) is 7.18. The lowest BCUT2D eigenvalue weighted by Gasteiger charge is -2.11. The van der Waals surface area contributed by atoms with Gasteiger partial charge in [-0.3, -0.25) is 0 Å². The van der Waals surface area contributed by atoms with E-state index in [0.717, 1.165) is 11.4 Å². The Morgan fingerprint density at radius 2 is 1.96 bits per heavy atom. The van der Waals surface area contributed by atoms with Gasteiger partial charge in [0.1, 0.15) is 5.82 Å². The molecule has 0 amide bonds. The minimum atomic E-state index is -0.255. The number of thioether (sulfide) groups is 1. The molecule has 2 aromatic carbocycles. The van der Waals surface area contributed by atoms with Crippen LogP contribution < -0.4 is 10.6 Å².